The average molecular weight is 362 g/mol. The molecule has 0 atom stereocenters. The van der Waals surface area contributed by atoms with Gasteiger partial charge in [0, 0.05) is 6.20 Å². The first-order valence-electron chi connectivity index (χ1n) is 5.51. The third-order valence-electron chi connectivity index (χ3n) is 1.92. The van der Waals surface area contributed by atoms with Crippen LogP contribution in [0.2, 0.25) is 5.28 Å². The van der Waals surface area contributed by atoms with Crippen LogP contribution in [0.15, 0.2) is 33.0 Å². The Bertz CT molecular complexity index is 572. The van der Waals surface area contributed by atoms with E-state index in [1.54, 1.807) is 6.20 Å². The zero-order valence-corrected chi connectivity index (χ0v) is 13.2. The molecule has 5 nitrogen and oxygen atoms in total. The monoisotopic (exact) mass is 360 g/mol. The van der Waals surface area contributed by atoms with Crippen molar-refractivity contribution in [2.45, 2.75) is 23.5 Å². The van der Waals surface area contributed by atoms with Crippen LogP contribution in [-0.2, 0) is 0 Å². The quantitative estimate of drug-likeness (QED) is 0.810. The highest BCUT2D eigenvalue weighted by atomic mass is 79.9. The summed E-state index contributed by atoms with van der Waals surface area (Å²) in [4.78, 5) is 16.4. The lowest BCUT2D eigenvalue weighted by atomic mass is 10.5. The number of pyridine rings is 1. The molecule has 0 spiro atoms. The number of hydrogen-bond acceptors (Lipinski definition) is 6. The Labute approximate surface area is 128 Å². The van der Waals surface area contributed by atoms with Gasteiger partial charge in [0.25, 0.3) is 0 Å². The number of nitrogens with zero attached hydrogens (tertiary/aromatic N) is 4. The van der Waals surface area contributed by atoms with Crippen LogP contribution in [0, 0.1) is 0 Å². The highest BCUT2D eigenvalue weighted by molar-refractivity contribution is 9.10. The summed E-state index contributed by atoms with van der Waals surface area (Å²) in [6.07, 6.45) is 2.57. The van der Waals surface area contributed by atoms with E-state index in [1.807, 2.05) is 19.1 Å². The molecule has 0 aliphatic heterocycles. The fourth-order valence-electron chi connectivity index (χ4n) is 1.15. The van der Waals surface area contributed by atoms with Crippen molar-refractivity contribution in [3.63, 3.8) is 0 Å². The van der Waals surface area contributed by atoms with E-state index >= 15 is 0 Å². The van der Waals surface area contributed by atoms with Gasteiger partial charge in [0.1, 0.15) is 5.03 Å². The minimum Gasteiger partial charge on any atom is -0.463 e. The predicted molar refractivity (Wildman–Crippen MR) is 76.7 cm³/mol. The highest BCUT2D eigenvalue weighted by Gasteiger charge is 2.10. The number of aromatic nitrogens is 4. The molecule has 0 fully saturated rings. The van der Waals surface area contributed by atoms with Crippen LogP contribution < -0.4 is 4.74 Å². The zero-order valence-electron chi connectivity index (χ0n) is 10.0. The van der Waals surface area contributed by atoms with Gasteiger partial charge < -0.3 is 4.74 Å². The van der Waals surface area contributed by atoms with Gasteiger partial charge in [-0.05, 0) is 57.8 Å². The Morgan fingerprint density at radius 2 is 2.21 bits per heavy atom. The lowest BCUT2D eigenvalue weighted by Gasteiger charge is -2.05. The lowest BCUT2D eigenvalue weighted by Crippen LogP contribution is -2.02. The summed E-state index contributed by atoms with van der Waals surface area (Å²) in [5.41, 5.74) is 0. The molecule has 19 heavy (non-hydrogen) atoms. The fourth-order valence-corrected chi connectivity index (χ4v) is 2.56. The first-order valence-corrected chi connectivity index (χ1v) is 7.50. The standard InChI is InChI=1S/C11H10BrClN4OS/c1-2-6-18-10-15-9(13)16-11(17-10)19-8-7(12)4-3-5-14-8/h3-5H,2,6H2,1H3. The van der Waals surface area contributed by atoms with Gasteiger partial charge in [-0.25, -0.2) is 4.98 Å². The summed E-state index contributed by atoms with van der Waals surface area (Å²) in [6.45, 7) is 2.54. The van der Waals surface area contributed by atoms with Crippen LogP contribution in [0.3, 0.4) is 0 Å². The van der Waals surface area contributed by atoms with Gasteiger partial charge in [-0.3, -0.25) is 0 Å². The van der Waals surface area contributed by atoms with Crippen molar-refractivity contribution in [2.24, 2.45) is 0 Å². The van der Waals surface area contributed by atoms with Gasteiger partial charge in [0.05, 0.1) is 11.1 Å². The largest absolute Gasteiger partial charge is 0.463 e. The predicted octanol–water partition coefficient (Wildman–Crippen LogP) is 3.62. The molecule has 0 aliphatic carbocycles. The maximum Gasteiger partial charge on any atom is 0.321 e. The molecule has 0 radical (unpaired) electrons. The van der Waals surface area contributed by atoms with Gasteiger partial charge in [0.2, 0.25) is 10.4 Å². The Hall–Kier alpha value is -0.920. The van der Waals surface area contributed by atoms with E-state index in [-0.39, 0.29) is 11.3 Å². The second kappa shape index (κ2) is 7.02. The summed E-state index contributed by atoms with van der Waals surface area (Å²) in [5, 5.41) is 1.31. The van der Waals surface area contributed by atoms with Gasteiger partial charge >= 0.3 is 6.01 Å². The van der Waals surface area contributed by atoms with E-state index in [2.05, 4.69) is 35.9 Å². The molecule has 0 unspecified atom stereocenters. The summed E-state index contributed by atoms with van der Waals surface area (Å²) in [7, 11) is 0. The smallest absolute Gasteiger partial charge is 0.321 e. The third-order valence-corrected chi connectivity index (χ3v) is 3.87. The minimum absolute atomic E-state index is 0.107. The first-order chi connectivity index (χ1) is 9.19. The van der Waals surface area contributed by atoms with Crippen LogP contribution in [0.1, 0.15) is 13.3 Å². The normalized spacial score (nSPS) is 10.5. The molecule has 2 aromatic rings. The summed E-state index contributed by atoms with van der Waals surface area (Å²) in [5.74, 6) is 0. The van der Waals surface area contributed by atoms with Crippen LogP contribution >= 0.6 is 39.3 Å². The molecule has 0 saturated heterocycles. The second-order valence-corrected chi connectivity index (χ2v) is 5.56. The van der Waals surface area contributed by atoms with E-state index in [9.17, 15) is 0 Å². The van der Waals surface area contributed by atoms with Crippen molar-refractivity contribution >= 4 is 39.3 Å². The lowest BCUT2D eigenvalue weighted by molar-refractivity contribution is 0.288. The van der Waals surface area contributed by atoms with E-state index in [4.69, 9.17) is 16.3 Å². The first kappa shape index (κ1) is 14.5. The van der Waals surface area contributed by atoms with Crippen molar-refractivity contribution < 1.29 is 4.74 Å². The Morgan fingerprint density at radius 3 is 2.95 bits per heavy atom. The van der Waals surface area contributed by atoms with Crippen LogP contribution in [0.25, 0.3) is 0 Å². The molecule has 0 aromatic carbocycles. The highest BCUT2D eigenvalue weighted by Crippen LogP contribution is 2.30. The Balaban J connectivity index is 2.20. The molecule has 8 heteroatoms. The average Bonchev–Trinajstić information content (AvgIpc) is 2.38. The molecule has 2 rings (SSSR count). The van der Waals surface area contributed by atoms with Gasteiger partial charge in [-0.1, -0.05) is 6.92 Å². The number of hydrogen-bond donors (Lipinski definition) is 0. The third kappa shape index (κ3) is 4.29. The van der Waals surface area contributed by atoms with Crippen molar-refractivity contribution in [3.05, 3.63) is 28.1 Å². The van der Waals surface area contributed by atoms with Crippen molar-refractivity contribution in [1.82, 2.24) is 19.9 Å². The molecule has 0 saturated carbocycles. The van der Waals surface area contributed by atoms with Crippen molar-refractivity contribution in [1.29, 1.82) is 0 Å². The molecule has 0 N–H and O–H groups in total. The van der Waals surface area contributed by atoms with Crippen LogP contribution in [0.5, 0.6) is 6.01 Å². The topological polar surface area (TPSA) is 60.8 Å². The Morgan fingerprint density at radius 1 is 1.37 bits per heavy atom. The molecule has 0 aliphatic rings. The zero-order chi connectivity index (χ0) is 13.7. The molecular formula is C11H10BrClN4OS. The van der Waals surface area contributed by atoms with Crippen LogP contribution in [0.4, 0.5) is 0 Å². The molecule has 2 heterocycles. The van der Waals surface area contributed by atoms with E-state index in [0.29, 0.717) is 11.8 Å². The molecule has 0 amide bonds. The number of halogens is 2. The van der Waals surface area contributed by atoms with Crippen molar-refractivity contribution in [2.75, 3.05) is 6.61 Å². The van der Waals surface area contributed by atoms with E-state index in [0.717, 1.165) is 15.9 Å². The maximum atomic E-state index is 5.85. The summed E-state index contributed by atoms with van der Waals surface area (Å²) >= 11 is 10.6. The minimum atomic E-state index is 0.107. The molecule has 0 bridgehead atoms. The number of rotatable bonds is 5. The van der Waals surface area contributed by atoms with Gasteiger partial charge in [0.15, 0.2) is 0 Å². The maximum absolute atomic E-state index is 5.85. The van der Waals surface area contributed by atoms with E-state index in [1.165, 1.54) is 11.8 Å². The van der Waals surface area contributed by atoms with Crippen molar-refractivity contribution in [3.8, 4) is 6.01 Å². The summed E-state index contributed by atoms with van der Waals surface area (Å²) in [6, 6.07) is 3.97. The SMILES string of the molecule is CCCOc1nc(Cl)nc(Sc2ncccc2Br)n1. The van der Waals surface area contributed by atoms with E-state index < -0.39 is 0 Å². The fraction of sp³-hybridized carbons (Fsp3) is 0.273. The molecule has 2 aromatic heterocycles. The summed E-state index contributed by atoms with van der Waals surface area (Å²) < 4.78 is 6.22. The van der Waals surface area contributed by atoms with Gasteiger partial charge in [-0.2, -0.15) is 15.0 Å². The molecular weight excluding hydrogens is 352 g/mol. The molecule has 100 valence electrons. The Kier molecular flexibility index (Phi) is 5.35. The second-order valence-electron chi connectivity index (χ2n) is 3.41. The van der Waals surface area contributed by atoms with Crippen LogP contribution in [-0.4, -0.2) is 26.5 Å². The number of ether oxygens (including phenoxy) is 1. The van der Waals surface area contributed by atoms with Gasteiger partial charge in [-0.15, -0.1) is 0 Å².